The molecule has 0 saturated heterocycles. The van der Waals surface area contributed by atoms with E-state index in [1.807, 2.05) is 18.2 Å². The Kier molecular flexibility index (Phi) is 2.81. The Morgan fingerprint density at radius 3 is 2.67 bits per heavy atom. The summed E-state index contributed by atoms with van der Waals surface area (Å²) in [5, 5.41) is 8.72. The smallest absolute Gasteiger partial charge is 0.0995 e. The Labute approximate surface area is 71.6 Å². The van der Waals surface area contributed by atoms with E-state index >= 15 is 0 Å². The second-order valence-corrected chi connectivity index (χ2v) is 2.54. The Morgan fingerprint density at radius 1 is 1.42 bits per heavy atom. The van der Waals surface area contributed by atoms with Crippen molar-refractivity contribution in [3.8, 4) is 6.07 Å². The Hall–Kier alpha value is -1.37. The first-order chi connectivity index (χ1) is 5.79. The van der Waals surface area contributed by atoms with Crippen molar-refractivity contribution in [3.63, 3.8) is 0 Å². The van der Waals surface area contributed by atoms with Gasteiger partial charge in [-0.3, -0.25) is 0 Å². The average molecular weight is 161 g/mol. The summed E-state index contributed by atoms with van der Waals surface area (Å²) in [6.45, 7) is 0.360. The largest absolute Gasteiger partial charge is 0.329 e. The average Bonchev–Trinajstić information content (AvgIpc) is 2.16. The molecule has 0 heterocycles. The van der Waals surface area contributed by atoms with Crippen LogP contribution in [0.2, 0.25) is 0 Å². The predicted molar refractivity (Wildman–Crippen MR) is 47.1 cm³/mol. The molecule has 0 bridgehead atoms. The monoisotopic (exact) mass is 161 g/mol. The summed E-state index contributed by atoms with van der Waals surface area (Å²) >= 11 is 0. The highest BCUT2D eigenvalue weighted by atomic mass is 14.7. The van der Waals surface area contributed by atoms with Crippen LogP contribution in [0.5, 0.6) is 0 Å². The van der Waals surface area contributed by atoms with Crippen LogP contribution in [-0.4, -0.2) is 6.54 Å². The maximum atomic E-state index is 8.72. The number of nitriles is 1. The van der Waals surface area contributed by atoms with Crippen LogP contribution in [0.25, 0.3) is 0 Å². The lowest BCUT2D eigenvalue weighted by Gasteiger charge is -2.09. The molecule has 1 aromatic carbocycles. The van der Waals surface area contributed by atoms with Gasteiger partial charge in [-0.15, -0.1) is 0 Å². The molecule has 0 radical (unpaired) electrons. The van der Waals surface area contributed by atoms with E-state index in [2.05, 4.69) is 6.07 Å². The third-order valence-corrected chi connectivity index (χ3v) is 1.73. The molecular weight excluding hydrogens is 150 g/mol. The van der Waals surface area contributed by atoms with Gasteiger partial charge in [0.15, 0.2) is 0 Å². The first-order valence-corrected chi connectivity index (χ1v) is 3.74. The minimum atomic E-state index is -0.235. The third kappa shape index (κ3) is 1.62. The minimum Gasteiger partial charge on any atom is -0.329 e. The number of hydrogen-bond acceptors (Lipinski definition) is 3. The predicted octanol–water partition coefficient (Wildman–Crippen LogP) is 0.517. The van der Waals surface area contributed by atoms with Crippen LogP contribution >= 0.6 is 0 Å². The maximum absolute atomic E-state index is 8.72. The van der Waals surface area contributed by atoms with Gasteiger partial charge in [-0.25, -0.2) is 0 Å². The minimum absolute atomic E-state index is 0.235. The van der Waals surface area contributed by atoms with Gasteiger partial charge in [0.1, 0.15) is 0 Å². The molecule has 1 unspecified atom stereocenters. The van der Waals surface area contributed by atoms with E-state index in [0.717, 1.165) is 5.56 Å². The molecule has 0 aliphatic carbocycles. The number of nitrogens with zero attached hydrogens (tertiary/aromatic N) is 1. The molecule has 0 saturated carbocycles. The first kappa shape index (κ1) is 8.72. The van der Waals surface area contributed by atoms with Crippen LogP contribution in [0.1, 0.15) is 17.2 Å². The summed E-state index contributed by atoms with van der Waals surface area (Å²) in [5.74, 6) is 0. The van der Waals surface area contributed by atoms with Crippen LogP contribution in [0.15, 0.2) is 24.3 Å². The van der Waals surface area contributed by atoms with Gasteiger partial charge in [0, 0.05) is 12.6 Å². The van der Waals surface area contributed by atoms with E-state index < -0.39 is 0 Å². The van der Waals surface area contributed by atoms with Gasteiger partial charge in [-0.1, -0.05) is 18.2 Å². The van der Waals surface area contributed by atoms with E-state index in [4.69, 9.17) is 16.7 Å². The second-order valence-electron chi connectivity index (χ2n) is 2.54. The molecule has 3 nitrogen and oxygen atoms in total. The molecule has 0 amide bonds. The van der Waals surface area contributed by atoms with E-state index in [0.29, 0.717) is 12.1 Å². The maximum Gasteiger partial charge on any atom is 0.0995 e. The molecule has 1 rings (SSSR count). The van der Waals surface area contributed by atoms with Crippen molar-refractivity contribution < 1.29 is 0 Å². The lowest BCUT2D eigenvalue weighted by atomic mass is 10.0. The molecule has 0 fully saturated rings. The van der Waals surface area contributed by atoms with Crippen molar-refractivity contribution in [3.05, 3.63) is 35.4 Å². The topological polar surface area (TPSA) is 75.8 Å². The van der Waals surface area contributed by atoms with Crippen molar-refractivity contribution >= 4 is 0 Å². The van der Waals surface area contributed by atoms with Gasteiger partial charge in [-0.2, -0.15) is 5.26 Å². The quantitative estimate of drug-likeness (QED) is 0.663. The normalized spacial score (nSPS) is 12.1. The summed E-state index contributed by atoms with van der Waals surface area (Å²) < 4.78 is 0. The SMILES string of the molecule is N#Cc1ccccc1C(N)CN. The molecule has 3 heteroatoms. The number of benzene rings is 1. The van der Waals surface area contributed by atoms with Crippen molar-refractivity contribution in [2.24, 2.45) is 11.5 Å². The van der Waals surface area contributed by atoms with Crippen LogP contribution in [-0.2, 0) is 0 Å². The lowest BCUT2D eigenvalue weighted by molar-refractivity contribution is 0.735. The molecule has 1 atom stereocenters. The lowest BCUT2D eigenvalue weighted by Crippen LogP contribution is -2.21. The van der Waals surface area contributed by atoms with E-state index in [1.165, 1.54) is 0 Å². The summed E-state index contributed by atoms with van der Waals surface area (Å²) in [6.07, 6.45) is 0. The summed E-state index contributed by atoms with van der Waals surface area (Å²) in [4.78, 5) is 0. The summed E-state index contributed by atoms with van der Waals surface area (Å²) in [7, 11) is 0. The van der Waals surface area contributed by atoms with Gasteiger partial charge < -0.3 is 11.5 Å². The van der Waals surface area contributed by atoms with Gasteiger partial charge in [0.2, 0.25) is 0 Å². The fourth-order valence-corrected chi connectivity index (χ4v) is 1.05. The van der Waals surface area contributed by atoms with Gasteiger partial charge in [0.05, 0.1) is 11.6 Å². The molecule has 4 N–H and O–H groups in total. The summed E-state index contributed by atoms with van der Waals surface area (Å²) in [6, 6.07) is 9.07. The van der Waals surface area contributed by atoms with Crippen LogP contribution < -0.4 is 11.5 Å². The molecule has 0 spiro atoms. The highest BCUT2D eigenvalue weighted by Gasteiger charge is 2.07. The number of nitrogens with two attached hydrogens (primary N) is 2. The van der Waals surface area contributed by atoms with Crippen molar-refractivity contribution in [2.75, 3.05) is 6.54 Å². The molecule has 62 valence electrons. The highest BCUT2D eigenvalue weighted by Crippen LogP contribution is 2.13. The third-order valence-electron chi connectivity index (χ3n) is 1.73. The van der Waals surface area contributed by atoms with Gasteiger partial charge >= 0.3 is 0 Å². The van der Waals surface area contributed by atoms with Crippen LogP contribution in [0.3, 0.4) is 0 Å². The fraction of sp³-hybridized carbons (Fsp3) is 0.222. The van der Waals surface area contributed by atoms with Crippen molar-refractivity contribution in [1.29, 1.82) is 5.26 Å². The highest BCUT2D eigenvalue weighted by molar-refractivity contribution is 5.39. The van der Waals surface area contributed by atoms with Gasteiger partial charge in [-0.05, 0) is 11.6 Å². The van der Waals surface area contributed by atoms with Gasteiger partial charge in [0.25, 0.3) is 0 Å². The zero-order chi connectivity index (χ0) is 8.97. The second kappa shape index (κ2) is 3.86. The molecule has 0 aromatic heterocycles. The Bertz CT molecular complexity index is 301. The molecule has 12 heavy (non-hydrogen) atoms. The zero-order valence-electron chi connectivity index (χ0n) is 6.70. The Balaban J connectivity index is 3.07. The molecular formula is C9H11N3. The van der Waals surface area contributed by atoms with E-state index in [-0.39, 0.29) is 6.04 Å². The number of hydrogen-bond donors (Lipinski definition) is 2. The Morgan fingerprint density at radius 2 is 2.08 bits per heavy atom. The molecule has 0 aliphatic rings. The van der Waals surface area contributed by atoms with E-state index in [1.54, 1.807) is 6.07 Å². The number of rotatable bonds is 2. The molecule has 1 aromatic rings. The fourth-order valence-electron chi connectivity index (χ4n) is 1.05. The van der Waals surface area contributed by atoms with Crippen LogP contribution in [0, 0.1) is 11.3 Å². The van der Waals surface area contributed by atoms with Crippen molar-refractivity contribution in [2.45, 2.75) is 6.04 Å². The van der Waals surface area contributed by atoms with Crippen molar-refractivity contribution in [1.82, 2.24) is 0 Å². The molecule has 0 aliphatic heterocycles. The van der Waals surface area contributed by atoms with E-state index in [9.17, 15) is 0 Å². The standard InChI is InChI=1S/C9H11N3/c10-5-7-3-1-2-4-8(7)9(12)6-11/h1-4,9H,6,11-12H2. The van der Waals surface area contributed by atoms with Crippen LogP contribution in [0.4, 0.5) is 0 Å². The summed E-state index contributed by atoms with van der Waals surface area (Å²) in [5.41, 5.74) is 12.5. The zero-order valence-corrected chi connectivity index (χ0v) is 6.70. The first-order valence-electron chi connectivity index (χ1n) is 3.74.